The normalized spacial score (nSPS) is 14.9. The fourth-order valence-corrected chi connectivity index (χ4v) is 1.43. The van der Waals surface area contributed by atoms with Crippen molar-refractivity contribution in [1.29, 1.82) is 0 Å². The van der Waals surface area contributed by atoms with Crippen molar-refractivity contribution in [2.75, 3.05) is 12.1 Å². The minimum Gasteiger partial charge on any atom is -0.464 e. The molecule has 1 aromatic carbocycles. The second kappa shape index (κ2) is 4.14. The number of nitrogens with zero attached hydrogens (tertiary/aromatic N) is 2. The fraction of sp³-hybridized carbons (Fsp3) is 0.182. The lowest BCUT2D eigenvalue weighted by molar-refractivity contribution is -0.133. The molecule has 1 amide bonds. The zero-order valence-electron chi connectivity index (χ0n) is 8.71. The summed E-state index contributed by atoms with van der Waals surface area (Å²) in [7, 11) is 1.26. The predicted molar refractivity (Wildman–Crippen MR) is 58.0 cm³/mol. The molecule has 16 heavy (non-hydrogen) atoms. The van der Waals surface area contributed by atoms with Crippen LogP contribution in [0, 0.1) is 0 Å². The largest absolute Gasteiger partial charge is 0.464 e. The van der Waals surface area contributed by atoms with Gasteiger partial charge in [0.1, 0.15) is 0 Å². The molecule has 0 spiro atoms. The van der Waals surface area contributed by atoms with Gasteiger partial charge in [0, 0.05) is 0 Å². The van der Waals surface area contributed by atoms with Crippen molar-refractivity contribution in [1.82, 2.24) is 0 Å². The van der Waals surface area contributed by atoms with Gasteiger partial charge >= 0.3 is 5.97 Å². The predicted octanol–water partition coefficient (Wildman–Crippen LogP) is 0.952. The molecule has 1 aliphatic rings. The van der Waals surface area contributed by atoms with Crippen molar-refractivity contribution >= 4 is 23.3 Å². The third kappa shape index (κ3) is 1.79. The molecule has 5 heteroatoms. The zero-order chi connectivity index (χ0) is 11.5. The highest BCUT2D eigenvalue weighted by Gasteiger charge is 2.29. The van der Waals surface area contributed by atoms with E-state index in [4.69, 9.17) is 0 Å². The number of ether oxygens (including phenoxy) is 1. The maximum atomic E-state index is 11.6. The average molecular weight is 218 g/mol. The lowest BCUT2D eigenvalue weighted by atomic mass is 10.2. The minimum atomic E-state index is -0.563. The van der Waals surface area contributed by atoms with Crippen molar-refractivity contribution < 1.29 is 14.3 Å². The highest BCUT2D eigenvalue weighted by atomic mass is 16.5. The number of anilines is 1. The topological polar surface area (TPSA) is 59.0 Å². The molecule has 0 bridgehead atoms. The van der Waals surface area contributed by atoms with Crippen LogP contribution in [0.1, 0.15) is 6.42 Å². The van der Waals surface area contributed by atoms with Crippen LogP contribution < -0.4 is 5.01 Å². The molecule has 1 aromatic rings. The van der Waals surface area contributed by atoms with Crippen LogP contribution in [0.3, 0.4) is 0 Å². The van der Waals surface area contributed by atoms with Crippen LogP contribution in [0.4, 0.5) is 5.69 Å². The molecule has 0 saturated carbocycles. The van der Waals surface area contributed by atoms with Crippen molar-refractivity contribution in [3.63, 3.8) is 0 Å². The molecule has 0 atom stereocenters. The number of carbonyl (C=O) groups is 2. The van der Waals surface area contributed by atoms with Crippen LogP contribution in [0.2, 0.25) is 0 Å². The number of esters is 1. The van der Waals surface area contributed by atoms with E-state index < -0.39 is 5.97 Å². The molecule has 0 N–H and O–H groups in total. The summed E-state index contributed by atoms with van der Waals surface area (Å²) in [6, 6.07) is 8.95. The number of methoxy groups -OCH3 is 1. The summed E-state index contributed by atoms with van der Waals surface area (Å²) in [5.74, 6) is -0.793. The van der Waals surface area contributed by atoms with E-state index in [0.29, 0.717) is 5.69 Å². The second-order valence-electron chi connectivity index (χ2n) is 3.26. The third-order valence-electron chi connectivity index (χ3n) is 2.20. The molecule has 2 rings (SSSR count). The summed E-state index contributed by atoms with van der Waals surface area (Å²) in [6.07, 6.45) is -0.0123. The number of hydrogen-bond acceptors (Lipinski definition) is 4. The Kier molecular flexibility index (Phi) is 2.68. The van der Waals surface area contributed by atoms with Gasteiger partial charge in [-0.15, -0.1) is 0 Å². The average Bonchev–Trinajstić information content (AvgIpc) is 2.71. The number of rotatable bonds is 2. The summed E-state index contributed by atoms with van der Waals surface area (Å²) in [6.45, 7) is 0. The van der Waals surface area contributed by atoms with Gasteiger partial charge in [-0.05, 0) is 12.1 Å². The molecule has 1 heterocycles. The number of hydrazone groups is 1. The van der Waals surface area contributed by atoms with Gasteiger partial charge in [0.2, 0.25) is 0 Å². The summed E-state index contributed by atoms with van der Waals surface area (Å²) in [5.41, 5.74) is 0.780. The Labute approximate surface area is 92.3 Å². The monoisotopic (exact) mass is 218 g/mol. The fourth-order valence-electron chi connectivity index (χ4n) is 1.43. The Morgan fingerprint density at radius 3 is 2.69 bits per heavy atom. The summed E-state index contributed by atoms with van der Waals surface area (Å²) in [5, 5.41) is 5.15. The minimum absolute atomic E-state index is 0.0123. The number of hydrogen-bond donors (Lipinski definition) is 0. The molecule has 0 aromatic heterocycles. The first-order chi connectivity index (χ1) is 7.72. The van der Waals surface area contributed by atoms with Gasteiger partial charge in [0.15, 0.2) is 5.71 Å². The lowest BCUT2D eigenvalue weighted by Crippen LogP contribution is -2.19. The molecule has 5 nitrogen and oxygen atoms in total. The first-order valence-electron chi connectivity index (χ1n) is 4.76. The summed E-state index contributed by atoms with van der Waals surface area (Å²) < 4.78 is 4.52. The SMILES string of the molecule is COC(=O)C1=NN(c2ccccc2)C(=O)C1. The quantitative estimate of drug-likeness (QED) is 0.694. The van der Waals surface area contributed by atoms with Gasteiger partial charge < -0.3 is 4.74 Å². The van der Waals surface area contributed by atoms with Crippen LogP contribution in [0.25, 0.3) is 0 Å². The Bertz CT molecular complexity index is 454. The maximum absolute atomic E-state index is 11.6. The van der Waals surface area contributed by atoms with E-state index in [-0.39, 0.29) is 18.0 Å². The second-order valence-corrected chi connectivity index (χ2v) is 3.26. The van der Waals surface area contributed by atoms with E-state index >= 15 is 0 Å². The first-order valence-corrected chi connectivity index (χ1v) is 4.76. The van der Waals surface area contributed by atoms with Gasteiger partial charge in [-0.25, -0.2) is 4.79 Å². The molecule has 0 saturated heterocycles. The van der Waals surface area contributed by atoms with Crippen LogP contribution in [0.15, 0.2) is 35.4 Å². The van der Waals surface area contributed by atoms with E-state index in [1.54, 1.807) is 24.3 Å². The summed E-state index contributed by atoms with van der Waals surface area (Å²) >= 11 is 0. The Hall–Kier alpha value is -2.17. The van der Waals surface area contributed by atoms with E-state index in [1.807, 2.05) is 6.07 Å². The van der Waals surface area contributed by atoms with Gasteiger partial charge in [-0.1, -0.05) is 18.2 Å². The van der Waals surface area contributed by atoms with Crippen molar-refractivity contribution in [3.05, 3.63) is 30.3 Å². The van der Waals surface area contributed by atoms with Crippen molar-refractivity contribution in [2.24, 2.45) is 5.10 Å². The molecule has 1 aliphatic heterocycles. The molecule has 0 unspecified atom stereocenters. The highest BCUT2D eigenvalue weighted by molar-refractivity contribution is 6.42. The number of benzene rings is 1. The van der Waals surface area contributed by atoms with Crippen molar-refractivity contribution in [2.45, 2.75) is 6.42 Å². The van der Waals surface area contributed by atoms with E-state index in [1.165, 1.54) is 12.1 Å². The summed E-state index contributed by atoms with van der Waals surface area (Å²) in [4.78, 5) is 22.8. The molecule has 0 aliphatic carbocycles. The smallest absolute Gasteiger partial charge is 0.354 e. The van der Waals surface area contributed by atoms with Gasteiger partial charge in [-0.3, -0.25) is 4.79 Å². The van der Waals surface area contributed by atoms with Crippen LogP contribution in [-0.2, 0) is 14.3 Å². The first kappa shape index (κ1) is 10.4. The van der Waals surface area contributed by atoms with Crippen LogP contribution >= 0.6 is 0 Å². The molecule has 0 radical (unpaired) electrons. The van der Waals surface area contributed by atoms with E-state index in [9.17, 15) is 9.59 Å². The third-order valence-corrected chi connectivity index (χ3v) is 2.20. The number of amides is 1. The maximum Gasteiger partial charge on any atom is 0.354 e. The molecular formula is C11H10N2O3. The van der Waals surface area contributed by atoms with E-state index in [2.05, 4.69) is 9.84 Å². The molecule has 82 valence electrons. The number of carbonyl (C=O) groups excluding carboxylic acids is 2. The Morgan fingerprint density at radius 1 is 1.38 bits per heavy atom. The van der Waals surface area contributed by atoms with Gasteiger partial charge in [0.25, 0.3) is 5.91 Å². The Balaban J connectivity index is 2.27. The van der Waals surface area contributed by atoms with Gasteiger partial charge in [0.05, 0.1) is 19.2 Å². The van der Waals surface area contributed by atoms with Crippen LogP contribution in [-0.4, -0.2) is 24.7 Å². The molecular weight excluding hydrogens is 208 g/mol. The Morgan fingerprint density at radius 2 is 2.06 bits per heavy atom. The highest BCUT2D eigenvalue weighted by Crippen LogP contribution is 2.19. The van der Waals surface area contributed by atoms with Crippen molar-refractivity contribution in [3.8, 4) is 0 Å². The lowest BCUT2D eigenvalue weighted by Gasteiger charge is -2.10. The van der Waals surface area contributed by atoms with Crippen LogP contribution in [0.5, 0.6) is 0 Å². The number of para-hydroxylation sites is 1. The molecule has 0 fully saturated rings. The van der Waals surface area contributed by atoms with E-state index in [0.717, 1.165) is 0 Å². The zero-order valence-corrected chi connectivity index (χ0v) is 8.71. The standard InChI is InChI=1S/C11H10N2O3/c1-16-11(15)9-7-10(14)13(12-9)8-5-3-2-4-6-8/h2-6H,7H2,1H3. The van der Waals surface area contributed by atoms with Gasteiger partial charge in [-0.2, -0.15) is 10.1 Å².